The second-order valence-corrected chi connectivity index (χ2v) is 6.48. The quantitative estimate of drug-likeness (QED) is 0.879. The Kier molecular flexibility index (Phi) is 5.05. The summed E-state index contributed by atoms with van der Waals surface area (Å²) in [5.74, 6) is 0.487. The van der Waals surface area contributed by atoms with Crippen LogP contribution in [0, 0.1) is 5.92 Å². The maximum absolute atomic E-state index is 12.2. The molecule has 1 saturated carbocycles. The maximum atomic E-state index is 12.2. The van der Waals surface area contributed by atoms with Gasteiger partial charge in [-0.2, -0.15) is 0 Å². The van der Waals surface area contributed by atoms with Gasteiger partial charge in [0.2, 0.25) is 5.91 Å². The number of carbonyl (C=O) groups is 1. The molecule has 1 aliphatic heterocycles. The molecule has 0 spiro atoms. The van der Waals surface area contributed by atoms with E-state index in [1.54, 1.807) is 6.20 Å². The molecule has 1 atom stereocenters. The fourth-order valence-corrected chi connectivity index (χ4v) is 3.10. The summed E-state index contributed by atoms with van der Waals surface area (Å²) in [7, 11) is 0. The summed E-state index contributed by atoms with van der Waals surface area (Å²) in [6, 6.07) is 4.06. The molecule has 120 valence electrons. The van der Waals surface area contributed by atoms with Gasteiger partial charge in [-0.05, 0) is 43.9 Å². The van der Waals surface area contributed by atoms with Gasteiger partial charge in [0.25, 0.3) is 0 Å². The van der Waals surface area contributed by atoms with Gasteiger partial charge in [-0.3, -0.25) is 14.7 Å². The van der Waals surface area contributed by atoms with Crippen LogP contribution in [0.1, 0.15) is 24.8 Å². The van der Waals surface area contributed by atoms with E-state index in [0.717, 1.165) is 45.3 Å². The van der Waals surface area contributed by atoms with Crippen LogP contribution >= 0.6 is 0 Å². The van der Waals surface area contributed by atoms with Gasteiger partial charge >= 0.3 is 0 Å². The van der Waals surface area contributed by atoms with E-state index >= 15 is 0 Å². The molecule has 3 rings (SSSR count). The second kappa shape index (κ2) is 7.20. The van der Waals surface area contributed by atoms with Crippen molar-refractivity contribution in [3.05, 3.63) is 30.1 Å². The molecular weight excluding hydrogens is 278 g/mol. The molecule has 22 heavy (non-hydrogen) atoms. The van der Waals surface area contributed by atoms with Gasteiger partial charge < -0.3 is 10.0 Å². The molecule has 0 unspecified atom stereocenters. The molecule has 5 heteroatoms. The molecule has 2 heterocycles. The number of aliphatic hydroxyl groups excluding tert-OH is 1. The minimum Gasteiger partial charge on any atom is -0.390 e. The van der Waals surface area contributed by atoms with Crippen LogP contribution in [-0.4, -0.2) is 64.6 Å². The first-order valence-electron chi connectivity index (χ1n) is 8.30. The van der Waals surface area contributed by atoms with Crippen molar-refractivity contribution in [1.29, 1.82) is 0 Å². The maximum Gasteiger partial charge on any atom is 0.225 e. The first-order chi connectivity index (χ1) is 10.7. The Morgan fingerprint density at radius 1 is 1.32 bits per heavy atom. The lowest BCUT2D eigenvalue weighted by Crippen LogP contribution is -2.38. The largest absolute Gasteiger partial charge is 0.390 e. The van der Waals surface area contributed by atoms with Gasteiger partial charge in [-0.1, -0.05) is 6.07 Å². The lowest BCUT2D eigenvalue weighted by Gasteiger charge is -2.21. The number of nitrogens with zero attached hydrogens (tertiary/aromatic N) is 3. The average Bonchev–Trinajstić information content (AvgIpc) is 3.36. The molecule has 5 nitrogen and oxygen atoms in total. The highest BCUT2D eigenvalue weighted by Crippen LogP contribution is 2.31. The van der Waals surface area contributed by atoms with Gasteiger partial charge in [0.15, 0.2) is 0 Å². The van der Waals surface area contributed by atoms with Gasteiger partial charge in [0.05, 0.1) is 6.10 Å². The zero-order valence-corrected chi connectivity index (χ0v) is 13.0. The fraction of sp³-hybridized carbons (Fsp3) is 0.647. The van der Waals surface area contributed by atoms with Crippen molar-refractivity contribution in [2.24, 2.45) is 5.92 Å². The summed E-state index contributed by atoms with van der Waals surface area (Å²) in [6.07, 6.45) is 7.39. The molecule has 1 saturated heterocycles. The van der Waals surface area contributed by atoms with Gasteiger partial charge in [0.1, 0.15) is 0 Å². The molecule has 2 aliphatic rings. The Balaban J connectivity index is 1.45. The number of hydrogen-bond acceptors (Lipinski definition) is 4. The van der Waals surface area contributed by atoms with Crippen molar-refractivity contribution >= 4 is 5.91 Å². The summed E-state index contributed by atoms with van der Waals surface area (Å²) in [5.41, 5.74) is 1.25. The van der Waals surface area contributed by atoms with Crippen LogP contribution in [0.25, 0.3) is 0 Å². The van der Waals surface area contributed by atoms with Gasteiger partial charge in [-0.25, -0.2) is 0 Å². The normalized spacial score (nSPS) is 23.3. The van der Waals surface area contributed by atoms with Crippen LogP contribution in [0.4, 0.5) is 0 Å². The predicted molar refractivity (Wildman–Crippen MR) is 84.3 cm³/mol. The smallest absolute Gasteiger partial charge is 0.225 e. The van der Waals surface area contributed by atoms with Gasteiger partial charge in [-0.15, -0.1) is 0 Å². The zero-order valence-electron chi connectivity index (χ0n) is 13.0. The van der Waals surface area contributed by atoms with E-state index in [1.165, 1.54) is 5.56 Å². The monoisotopic (exact) mass is 303 g/mol. The molecule has 1 aliphatic carbocycles. The third-order valence-corrected chi connectivity index (χ3v) is 4.49. The summed E-state index contributed by atoms with van der Waals surface area (Å²) < 4.78 is 0. The fourth-order valence-electron chi connectivity index (χ4n) is 3.10. The van der Waals surface area contributed by atoms with Crippen LogP contribution in [0.2, 0.25) is 0 Å². The molecule has 1 aromatic heterocycles. The van der Waals surface area contributed by atoms with Crippen molar-refractivity contribution in [1.82, 2.24) is 14.8 Å². The molecule has 1 aromatic rings. The van der Waals surface area contributed by atoms with Crippen molar-refractivity contribution < 1.29 is 9.90 Å². The molecule has 0 radical (unpaired) electrons. The highest BCUT2D eigenvalue weighted by Gasteiger charge is 2.35. The van der Waals surface area contributed by atoms with Gasteiger partial charge in [0, 0.05) is 44.5 Å². The van der Waals surface area contributed by atoms with E-state index < -0.39 is 6.10 Å². The number of amides is 1. The summed E-state index contributed by atoms with van der Waals surface area (Å²) in [6.45, 7) is 3.73. The molecule has 2 fully saturated rings. The number of rotatable bonds is 5. The zero-order chi connectivity index (χ0) is 15.4. The average molecular weight is 303 g/mol. The number of aromatic nitrogens is 1. The van der Waals surface area contributed by atoms with E-state index in [1.807, 2.05) is 17.2 Å². The number of carbonyl (C=O) groups excluding carboxylic acids is 1. The number of β-amino-alcohol motifs (C(OH)–C–C–N with tert-alkyl or cyclic N) is 1. The minimum atomic E-state index is -0.427. The third-order valence-electron chi connectivity index (χ3n) is 4.49. The Hall–Kier alpha value is -1.46. The standard InChI is InChI=1S/C17H25N3O2/c21-16-12-19(8-2-4-14-3-1-7-18-11-14)9-10-20(13-16)17(22)15-5-6-15/h1,3,7,11,15-16,21H,2,4-6,8-10,12-13H2/t16-/m1/s1. The van der Waals surface area contributed by atoms with Crippen molar-refractivity contribution in [3.63, 3.8) is 0 Å². The topological polar surface area (TPSA) is 56.7 Å². The Morgan fingerprint density at radius 2 is 2.18 bits per heavy atom. The second-order valence-electron chi connectivity index (χ2n) is 6.48. The molecule has 1 N–H and O–H groups in total. The Morgan fingerprint density at radius 3 is 2.91 bits per heavy atom. The van der Waals surface area contributed by atoms with Crippen molar-refractivity contribution in [2.75, 3.05) is 32.7 Å². The van der Waals surface area contributed by atoms with E-state index in [9.17, 15) is 9.90 Å². The third kappa shape index (κ3) is 4.27. The molecular formula is C17H25N3O2. The van der Waals surface area contributed by atoms with Crippen molar-refractivity contribution in [3.8, 4) is 0 Å². The van der Waals surface area contributed by atoms with Crippen LogP contribution in [0.3, 0.4) is 0 Å². The van der Waals surface area contributed by atoms with Crippen LogP contribution in [-0.2, 0) is 11.2 Å². The number of hydrogen-bond donors (Lipinski definition) is 1. The SMILES string of the molecule is O=C(C1CC1)N1CCN(CCCc2cccnc2)C[C@@H](O)C1. The lowest BCUT2D eigenvalue weighted by atomic mass is 10.1. The minimum absolute atomic E-state index is 0.240. The Bertz CT molecular complexity index is 490. The number of aryl methyl sites for hydroxylation is 1. The van der Waals surface area contributed by atoms with E-state index in [4.69, 9.17) is 0 Å². The first kappa shape index (κ1) is 15.4. The van der Waals surface area contributed by atoms with Crippen LogP contribution < -0.4 is 0 Å². The van der Waals surface area contributed by atoms with Crippen molar-refractivity contribution in [2.45, 2.75) is 31.8 Å². The Labute approximate surface area is 131 Å². The number of pyridine rings is 1. The highest BCUT2D eigenvalue weighted by molar-refractivity contribution is 5.81. The highest BCUT2D eigenvalue weighted by atomic mass is 16.3. The van der Waals surface area contributed by atoms with Crippen LogP contribution in [0.15, 0.2) is 24.5 Å². The van der Waals surface area contributed by atoms with E-state index in [2.05, 4.69) is 16.0 Å². The molecule has 1 amide bonds. The molecule has 0 bridgehead atoms. The molecule has 0 aromatic carbocycles. The summed E-state index contributed by atoms with van der Waals surface area (Å²) >= 11 is 0. The van der Waals surface area contributed by atoms with E-state index in [0.29, 0.717) is 13.1 Å². The van der Waals surface area contributed by atoms with Crippen LogP contribution in [0.5, 0.6) is 0 Å². The van der Waals surface area contributed by atoms with E-state index in [-0.39, 0.29) is 11.8 Å². The number of aliphatic hydroxyl groups is 1. The lowest BCUT2D eigenvalue weighted by molar-refractivity contribution is -0.133. The predicted octanol–water partition coefficient (Wildman–Crippen LogP) is 0.929. The summed E-state index contributed by atoms with van der Waals surface area (Å²) in [4.78, 5) is 20.4. The summed E-state index contributed by atoms with van der Waals surface area (Å²) in [5, 5.41) is 10.2. The first-order valence-corrected chi connectivity index (χ1v) is 8.30.